The van der Waals surface area contributed by atoms with Crippen molar-refractivity contribution in [1.29, 1.82) is 0 Å². The lowest BCUT2D eigenvalue weighted by molar-refractivity contribution is -0.137. The summed E-state index contributed by atoms with van der Waals surface area (Å²) < 4.78 is 5.61. The molecular weight excluding hydrogens is 444 g/mol. The van der Waals surface area contributed by atoms with E-state index in [1.807, 2.05) is 42.5 Å². The van der Waals surface area contributed by atoms with Gasteiger partial charge in [-0.1, -0.05) is 85.8 Å². The first-order valence-electron chi connectivity index (χ1n) is 11.7. The number of benzene rings is 3. The van der Waals surface area contributed by atoms with Crippen LogP contribution in [0, 0.1) is 0 Å². The van der Waals surface area contributed by atoms with Crippen molar-refractivity contribution in [3.63, 3.8) is 0 Å². The summed E-state index contributed by atoms with van der Waals surface area (Å²) in [5.41, 5.74) is 5.02. The number of rotatable bonds is 9. The highest BCUT2D eigenvalue weighted by Gasteiger charge is 2.30. The van der Waals surface area contributed by atoms with E-state index in [2.05, 4.69) is 22.8 Å². The fraction of sp³-hybridized carbons (Fsp3) is 0.250. The Morgan fingerprint density at radius 2 is 1.43 bits per heavy atom. The van der Waals surface area contributed by atoms with Crippen molar-refractivity contribution in [2.75, 3.05) is 6.61 Å². The molecule has 0 heterocycles. The second kappa shape index (κ2) is 10.9. The zero-order valence-corrected chi connectivity index (χ0v) is 19.4. The van der Waals surface area contributed by atoms with E-state index in [0.717, 1.165) is 22.3 Å². The average molecular weight is 473 g/mol. The number of amides is 2. The predicted molar refractivity (Wildman–Crippen MR) is 132 cm³/mol. The number of carboxylic acid groups (broad SMARTS) is 1. The van der Waals surface area contributed by atoms with Gasteiger partial charge in [-0.2, -0.15) is 0 Å². The average Bonchev–Trinajstić information content (AvgIpc) is 3.19. The molecule has 0 saturated carbocycles. The summed E-state index contributed by atoms with van der Waals surface area (Å²) in [7, 11) is 0. The molecule has 3 aromatic carbocycles. The Hall–Kier alpha value is -4.13. The molecule has 0 aromatic heterocycles. The number of nitrogens with one attached hydrogen (secondary N) is 2. The van der Waals surface area contributed by atoms with Gasteiger partial charge >= 0.3 is 12.1 Å². The molecule has 0 spiro atoms. The number of alkyl carbamates (subject to hydrolysis) is 1. The van der Waals surface area contributed by atoms with Crippen LogP contribution in [0.25, 0.3) is 11.1 Å². The second-order valence-corrected chi connectivity index (χ2v) is 8.53. The molecule has 35 heavy (non-hydrogen) atoms. The molecular formula is C28H28N2O5. The van der Waals surface area contributed by atoms with Gasteiger partial charge in [0, 0.05) is 12.0 Å². The minimum Gasteiger partial charge on any atom is -0.481 e. The van der Waals surface area contributed by atoms with E-state index in [4.69, 9.17) is 9.84 Å². The molecule has 0 fully saturated rings. The molecule has 0 radical (unpaired) electrons. The maximum atomic E-state index is 13.0. The number of carboxylic acids is 1. The first kappa shape index (κ1) is 24.0. The summed E-state index contributed by atoms with van der Waals surface area (Å²) in [6.45, 7) is 1.92. The summed E-state index contributed by atoms with van der Waals surface area (Å²) in [4.78, 5) is 37.0. The van der Waals surface area contributed by atoms with E-state index >= 15 is 0 Å². The molecule has 4 rings (SSSR count). The zero-order valence-electron chi connectivity index (χ0n) is 19.4. The first-order chi connectivity index (χ1) is 17.0. The normalized spacial score (nSPS) is 13.7. The van der Waals surface area contributed by atoms with Gasteiger partial charge < -0.3 is 20.5 Å². The van der Waals surface area contributed by atoms with Gasteiger partial charge in [-0.25, -0.2) is 4.79 Å². The smallest absolute Gasteiger partial charge is 0.408 e. The molecule has 180 valence electrons. The highest BCUT2D eigenvalue weighted by molar-refractivity contribution is 5.87. The third-order valence-electron chi connectivity index (χ3n) is 6.26. The third kappa shape index (κ3) is 5.51. The monoisotopic (exact) mass is 472 g/mol. The Morgan fingerprint density at radius 3 is 2.00 bits per heavy atom. The Bertz CT molecular complexity index is 1170. The second-order valence-electron chi connectivity index (χ2n) is 8.53. The van der Waals surface area contributed by atoms with Gasteiger partial charge in [0.15, 0.2) is 0 Å². The quantitative estimate of drug-likeness (QED) is 0.421. The van der Waals surface area contributed by atoms with Crippen molar-refractivity contribution in [2.45, 2.75) is 37.8 Å². The van der Waals surface area contributed by atoms with Gasteiger partial charge in [0.2, 0.25) is 5.91 Å². The number of fused-ring (bicyclic) bond motifs is 3. The maximum Gasteiger partial charge on any atom is 0.408 e. The summed E-state index contributed by atoms with van der Waals surface area (Å²) in [6, 6.07) is 23.3. The molecule has 0 saturated heterocycles. The molecule has 2 atom stereocenters. The Kier molecular flexibility index (Phi) is 7.45. The summed E-state index contributed by atoms with van der Waals surface area (Å²) in [5.74, 6) is -1.59. The SMILES string of the molecule is CCC(CC(=O)O)NC(=O)[C@@H](NC(=O)OCC1c2ccccc2-c2ccccc21)c1ccccc1. The molecule has 0 bridgehead atoms. The molecule has 7 heteroatoms. The van der Waals surface area contributed by atoms with E-state index < -0.39 is 30.1 Å². The largest absolute Gasteiger partial charge is 0.481 e. The molecule has 7 nitrogen and oxygen atoms in total. The van der Waals surface area contributed by atoms with Crippen LogP contribution in [0.1, 0.15) is 48.4 Å². The molecule has 1 aliphatic carbocycles. The molecule has 0 aliphatic heterocycles. The summed E-state index contributed by atoms with van der Waals surface area (Å²) >= 11 is 0. The lowest BCUT2D eigenvalue weighted by Crippen LogP contribution is -2.45. The fourth-order valence-electron chi connectivity index (χ4n) is 4.50. The summed E-state index contributed by atoms with van der Waals surface area (Å²) in [5, 5.41) is 14.5. The van der Waals surface area contributed by atoms with E-state index in [0.29, 0.717) is 12.0 Å². The van der Waals surface area contributed by atoms with E-state index in [-0.39, 0.29) is 18.9 Å². The van der Waals surface area contributed by atoms with Gasteiger partial charge in [-0.3, -0.25) is 9.59 Å². The van der Waals surface area contributed by atoms with Crippen LogP contribution in [-0.4, -0.2) is 35.7 Å². The van der Waals surface area contributed by atoms with E-state index in [1.54, 1.807) is 31.2 Å². The van der Waals surface area contributed by atoms with Crippen LogP contribution in [0.2, 0.25) is 0 Å². The molecule has 1 unspecified atom stereocenters. The van der Waals surface area contributed by atoms with Crippen molar-refractivity contribution in [3.05, 3.63) is 95.6 Å². The number of hydrogen-bond donors (Lipinski definition) is 3. The minimum absolute atomic E-state index is 0.0998. The number of ether oxygens (including phenoxy) is 1. The standard InChI is InChI=1S/C28H28N2O5/c1-2-19(16-25(31)32)29-27(33)26(18-10-4-3-5-11-18)30-28(34)35-17-24-22-14-8-6-12-20(22)21-13-7-9-15-23(21)24/h3-15,19,24,26H,2,16-17H2,1H3,(H,29,33)(H,30,34)(H,31,32)/t19?,26-/m0/s1. The van der Waals surface area contributed by atoms with Gasteiger partial charge in [-0.05, 0) is 34.2 Å². The van der Waals surface area contributed by atoms with Crippen LogP contribution in [0.5, 0.6) is 0 Å². The Labute approximate surface area is 204 Å². The highest BCUT2D eigenvalue weighted by atomic mass is 16.5. The third-order valence-corrected chi connectivity index (χ3v) is 6.26. The van der Waals surface area contributed by atoms with Gasteiger partial charge in [-0.15, -0.1) is 0 Å². The van der Waals surface area contributed by atoms with Crippen molar-refractivity contribution < 1.29 is 24.2 Å². The van der Waals surface area contributed by atoms with E-state index in [1.165, 1.54) is 0 Å². The van der Waals surface area contributed by atoms with Crippen molar-refractivity contribution in [3.8, 4) is 11.1 Å². The molecule has 1 aliphatic rings. The van der Waals surface area contributed by atoms with Crippen LogP contribution in [0.15, 0.2) is 78.9 Å². The Balaban J connectivity index is 1.47. The first-order valence-corrected chi connectivity index (χ1v) is 11.7. The lowest BCUT2D eigenvalue weighted by atomic mass is 9.98. The predicted octanol–water partition coefficient (Wildman–Crippen LogP) is 4.64. The maximum absolute atomic E-state index is 13.0. The van der Waals surface area contributed by atoms with Crippen LogP contribution in [0.3, 0.4) is 0 Å². The van der Waals surface area contributed by atoms with E-state index in [9.17, 15) is 14.4 Å². The van der Waals surface area contributed by atoms with Crippen LogP contribution in [0.4, 0.5) is 4.79 Å². The summed E-state index contributed by atoms with van der Waals surface area (Å²) in [6.07, 6.45) is -0.471. The fourth-order valence-corrected chi connectivity index (χ4v) is 4.50. The number of aliphatic carboxylic acids is 1. The Morgan fingerprint density at radius 1 is 0.857 bits per heavy atom. The molecule has 3 aromatic rings. The zero-order chi connectivity index (χ0) is 24.8. The van der Waals surface area contributed by atoms with Crippen molar-refractivity contribution >= 4 is 18.0 Å². The van der Waals surface area contributed by atoms with Gasteiger partial charge in [0.05, 0.1) is 6.42 Å². The highest BCUT2D eigenvalue weighted by Crippen LogP contribution is 2.44. The molecule has 2 amide bonds. The number of carbonyl (C=O) groups excluding carboxylic acids is 2. The van der Waals surface area contributed by atoms with Crippen LogP contribution < -0.4 is 10.6 Å². The number of carbonyl (C=O) groups is 3. The lowest BCUT2D eigenvalue weighted by Gasteiger charge is -2.23. The van der Waals surface area contributed by atoms with Crippen molar-refractivity contribution in [1.82, 2.24) is 10.6 Å². The van der Waals surface area contributed by atoms with Crippen LogP contribution in [-0.2, 0) is 14.3 Å². The topological polar surface area (TPSA) is 105 Å². The van der Waals surface area contributed by atoms with Gasteiger partial charge in [0.25, 0.3) is 0 Å². The minimum atomic E-state index is -1.02. The molecule has 3 N–H and O–H groups in total. The van der Waals surface area contributed by atoms with Gasteiger partial charge in [0.1, 0.15) is 12.6 Å². The van der Waals surface area contributed by atoms with Crippen LogP contribution >= 0.6 is 0 Å². The van der Waals surface area contributed by atoms with Crippen molar-refractivity contribution in [2.24, 2.45) is 0 Å². The number of hydrogen-bond acceptors (Lipinski definition) is 4.